The molecule has 0 aliphatic carbocycles. The van der Waals surface area contributed by atoms with Gasteiger partial charge in [-0.25, -0.2) is 4.98 Å². The number of para-hydroxylation sites is 1. The molecule has 4 aromatic rings. The summed E-state index contributed by atoms with van der Waals surface area (Å²) >= 11 is 6.10. The summed E-state index contributed by atoms with van der Waals surface area (Å²) in [7, 11) is 0. The number of hydrogen-bond donors (Lipinski definition) is 0. The minimum Gasteiger partial charge on any atom is -0.487 e. The molecule has 0 amide bonds. The van der Waals surface area contributed by atoms with Crippen LogP contribution in [0.25, 0.3) is 22.3 Å². The highest BCUT2D eigenvalue weighted by molar-refractivity contribution is 6.31. The number of hydrogen-bond acceptors (Lipinski definition) is 3. The minimum absolute atomic E-state index is 0.149. The van der Waals surface area contributed by atoms with Crippen molar-refractivity contribution in [3.8, 4) is 17.1 Å². The lowest BCUT2D eigenvalue weighted by atomic mass is 10.1. The van der Waals surface area contributed by atoms with Crippen molar-refractivity contribution in [1.29, 1.82) is 0 Å². The highest BCUT2D eigenvalue weighted by atomic mass is 35.5. The molecule has 2 aromatic carbocycles. The van der Waals surface area contributed by atoms with Gasteiger partial charge >= 0.3 is 6.18 Å². The van der Waals surface area contributed by atoms with Crippen LogP contribution in [-0.2, 0) is 12.8 Å². The van der Waals surface area contributed by atoms with Crippen LogP contribution >= 0.6 is 11.6 Å². The molecule has 150 valence electrons. The molecule has 0 fully saturated rings. The molecule has 5 rings (SSSR count). The molecule has 0 N–H and O–H groups in total. The van der Waals surface area contributed by atoms with Crippen LogP contribution < -0.4 is 4.74 Å². The van der Waals surface area contributed by atoms with E-state index in [9.17, 15) is 18.0 Å². The van der Waals surface area contributed by atoms with E-state index in [1.807, 2.05) is 6.07 Å². The molecule has 1 aliphatic heterocycles. The Kier molecular flexibility index (Phi) is 4.11. The number of rotatable bonds is 3. The van der Waals surface area contributed by atoms with Crippen LogP contribution in [0.15, 0.2) is 60.8 Å². The van der Waals surface area contributed by atoms with Gasteiger partial charge < -0.3 is 4.74 Å². The number of pyridine rings is 1. The number of benzene rings is 2. The van der Waals surface area contributed by atoms with Crippen molar-refractivity contribution in [2.45, 2.75) is 12.8 Å². The van der Waals surface area contributed by atoms with Gasteiger partial charge in [-0.3, -0.25) is 9.36 Å². The second kappa shape index (κ2) is 6.60. The van der Waals surface area contributed by atoms with Gasteiger partial charge in [-0.05, 0) is 42.5 Å². The highest BCUT2D eigenvalue weighted by Crippen LogP contribution is 2.41. The Morgan fingerprint density at radius 2 is 1.87 bits per heavy atom. The SMILES string of the molecule is O=C1c2c(nc3ccccc3c2OCc2cc(C(F)(F)F)ccc2Cl)-c2cccn21. The summed E-state index contributed by atoms with van der Waals surface area (Å²) in [4.78, 5) is 17.5. The molecular formula is C22H12ClF3N2O2. The monoisotopic (exact) mass is 428 g/mol. The normalized spacial score (nSPS) is 12.9. The summed E-state index contributed by atoms with van der Waals surface area (Å²) in [5, 5.41) is 0.744. The molecule has 0 saturated carbocycles. The quantitative estimate of drug-likeness (QED) is 0.356. The summed E-state index contributed by atoms with van der Waals surface area (Å²) < 4.78 is 46.7. The van der Waals surface area contributed by atoms with E-state index >= 15 is 0 Å². The van der Waals surface area contributed by atoms with Crippen molar-refractivity contribution in [3.63, 3.8) is 0 Å². The van der Waals surface area contributed by atoms with Crippen molar-refractivity contribution < 1.29 is 22.7 Å². The van der Waals surface area contributed by atoms with Crippen molar-refractivity contribution in [3.05, 3.63) is 82.5 Å². The van der Waals surface area contributed by atoms with Gasteiger partial charge in [0.15, 0.2) is 0 Å². The lowest BCUT2D eigenvalue weighted by Gasteiger charge is -2.15. The fourth-order valence-electron chi connectivity index (χ4n) is 3.60. The fraction of sp³-hybridized carbons (Fsp3) is 0.0909. The lowest BCUT2D eigenvalue weighted by molar-refractivity contribution is -0.137. The molecule has 30 heavy (non-hydrogen) atoms. The predicted octanol–water partition coefficient (Wildman–Crippen LogP) is 5.96. The first kappa shape index (κ1) is 18.7. The maximum Gasteiger partial charge on any atom is 0.416 e. The van der Waals surface area contributed by atoms with Gasteiger partial charge in [-0.1, -0.05) is 23.7 Å². The molecule has 1 aliphatic rings. The first-order chi connectivity index (χ1) is 14.3. The number of fused-ring (bicyclic) bond motifs is 4. The highest BCUT2D eigenvalue weighted by Gasteiger charge is 2.33. The first-order valence-electron chi connectivity index (χ1n) is 8.98. The average Bonchev–Trinajstić information content (AvgIpc) is 3.29. The van der Waals surface area contributed by atoms with Crippen LogP contribution in [-0.4, -0.2) is 15.5 Å². The molecule has 0 saturated heterocycles. The summed E-state index contributed by atoms with van der Waals surface area (Å²) in [6.07, 6.45) is -2.86. The summed E-state index contributed by atoms with van der Waals surface area (Å²) in [5.41, 5.74) is 1.38. The second-order valence-electron chi connectivity index (χ2n) is 6.84. The molecule has 0 unspecified atom stereocenters. The predicted molar refractivity (Wildman–Crippen MR) is 106 cm³/mol. The van der Waals surface area contributed by atoms with Crippen LogP contribution in [0.3, 0.4) is 0 Å². The summed E-state index contributed by atoms with van der Waals surface area (Å²) in [6.45, 7) is -0.231. The maximum absolute atomic E-state index is 13.1. The van der Waals surface area contributed by atoms with Crippen LogP contribution in [0.2, 0.25) is 5.02 Å². The Balaban J connectivity index is 1.62. The zero-order valence-corrected chi connectivity index (χ0v) is 16.0. The van der Waals surface area contributed by atoms with Gasteiger partial charge in [0.2, 0.25) is 0 Å². The number of alkyl halides is 3. The maximum atomic E-state index is 13.1. The number of nitrogens with zero attached hydrogens (tertiary/aromatic N) is 2. The number of carbonyl (C=O) groups is 1. The molecule has 8 heteroatoms. The molecular weight excluding hydrogens is 417 g/mol. The van der Waals surface area contributed by atoms with Gasteiger partial charge in [-0.2, -0.15) is 13.2 Å². The van der Waals surface area contributed by atoms with E-state index in [1.54, 1.807) is 36.5 Å². The van der Waals surface area contributed by atoms with E-state index in [-0.39, 0.29) is 34.4 Å². The zero-order chi connectivity index (χ0) is 21.0. The molecule has 2 aromatic heterocycles. The van der Waals surface area contributed by atoms with Gasteiger partial charge in [0.25, 0.3) is 5.91 Å². The van der Waals surface area contributed by atoms with Gasteiger partial charge in [0.05, 0.1) is 16.8 Å². The van der Waals surface area contributed by atoms with E-state index in [2.05, 4.69) is 4.98 Å². The molecule has 0 atom stereocenters. The summed E-state index contributed by atoms with van der Waals surface area (Å²) in [6, 6.07) is 13.7. The van der Waals surface area contributed by atoms with Crippen LogP contribution in [0.5, 0.6) is 5.75 Å². The van der Waals surface area contributed by atoms with Crippen molar-refractivity contribution in [2.75, 3.05) is 0 Å². The number of carbonyl (C=O) groups excluding carboxylic acids is 1. The summed E-state index contributed by atoms with van der Waals surface area (Å²) in [5.74, 6) is -0.0221. The molecule has 0 radical (unpaired) electrons. The van der Waals surface area contributed by atoms with E-state index < -0.39 is 11.7 Å². The Hall–Kier alpha value is -3.32. The van der Waals surface area contributed by atoms with Crippen molar-refractivity contribution in [1.82, 2.24) is 9.55 Å². The number of aromatic nitrogens is 2. The fourth-order valence-corrected chi connectivity index (χ4v) is 3.77. The topological polar surface area (TPSA) is 44.1 Å². The van der Waals surface area contributed by atoms with Crippen molar-refractivity contribution in [2.24, 2.45) is 0 Å². The second-order valence-corrected chi connectivity index (χ2v) is 7.25. The Morgan fingerprint density at radius 1 is 1.07 bits per heavy atom. The third kappa shape index (κ3) is 2.85. The molecule has 4 nitrogen and oxygen atoms in total. The van der Waals surface area contributed by atoms with Crippen LogP contribution in [0.1, 0.15) is 21.5 Å². The zero-order valence-electron chi connectivity index (χ0n) is 15.2. The van der Waals surface area contributed by atoms with Gasteiger partial charge in [0, 0.05) is 22.2 Å². The third-order valence-electron chi connectivity index (χ3n) is 5.01. The molecule has 0 bridgehead atoms. The molecule has 0 spiro atoms. The van der Waals surface area contributed by atoms with Crippen molar-refractivity contribution >= 4 is 28.4 Å². The molecule has 3 heterocycles. The van der Waals surface area contributed by atoms with E-state index in [0.29, 0.717) is 22.3 Å². The van der Waals surface area contributed by atoms with Gasteiger partial charge in [0.1, 0.15) is 23.6 Å². The first-order valence-corrected chi connectivity index (χ1v) is 9.36. The minimum atomic E-state index is -4.50. The van der Waals surface area contributed by atoms with E-state index in [0.717, 1.165) is 12.1 Å². The van der Waals surface area contributed by atoms with E-state index in [1.165, 1.54) is 10.6 Å². The van der Waals surface area contributed by atoms with Gasteiger partial charge in [-0.15, -0.1) is 0 Å². The Bertz CT molecular complexity index is 1330. The van der Waals surface area contributed by atoms with Crippen LogP contribution in [0, 0.1) is 0 Å². The largest absolute Gasteiger partial charge is 0.487 e. The van der Waals surface area contributed by atoms with E-state index in [4.69, 9.17) is 16.3 Å². The Labute approximate surface area is 173 Å². The Morgan fingerprint density at radius 3 is 2.67 bits per heavy atom. The number of ether oxygens (including phenoxy) is 1. The smallest absolute Gasteiger partial charge is 0.416 e. The standard InChI is InChI=1S/C22H12ClF3N2O2/c23-15-8-7-13(22(24,25)26)10-12(15)11-30-20-14-4-1-2-5-16(14)27-19-17-6-3-9-28(17)21(29)18(19)20/h1-10H,11H2. The third-order valence-corrected chi connectivity index (χ3v) is 5.38. The number of halogens is 4. The lowest BCUT2D eigenvalue weighted by Crippen LogP contribution is -2.09. The van der Waals surface area contributed by atoms with Crippen LogP contribution in [0.4, 0.5) is 13.2 Å². The average molecular weight is 429 g/mol.